The number of aryl methyl sites for hydroxylation is 1. The van der Waals surface area contributed by atoms with E-state index in [1.165, 1.54) is 30.4 Å². The fraction of sp³-hybridized carbons (Fsp3) is 0.625. The van der Waals surface area contributed by atoms with E-state index in [2.05, 4.69) is 12.1 Å². The number of methoxy groups -OCH3 is 2. The van der Waals surface area contributed by atoms with E-state index in [1.54, 1.807) is 14.2 Å². The minimum absolute atomic E-state index is 0.622. The van der Waals surface area contributed by atoms with Crippen molar-refractivity contribution in [2.45, 2.75) is 32.3 Å². The van der Waals surface area contributed by atoms with Crippen LogP contribution in [0.4, 0.5) is 0 Å². The van der Waals surface area contributed by atoms with E-state index in [0.29, 0.717) is 19.8 Å². The van der Waals surface area contributed by atoms with Crippen LogP contribution in [0.2, 0.25) is 0 Å². The minimum Gasteiger partial charge on any atom is -0.497 e. The molecule has 1 aliphatic carbocycles. The van der Waals surface area contributed by atoms with E-state index in [9.17, 15) is 0 Å². The van der Waals surface area contributed by atoms with Crippen LogP contribution in [-0.4, -0.2) is 27.4 Å². The standard InChI is InChI=1S/C16H24O3/c1-17-7-8-19-12-15-9-14(6-5-13-3-4-13)10-16(11-15)18-2/h9-11,13H,3-8,12H2,1-2H3. The quantitative estimate of drug-likeness (QED) is 0.641. The molecule has 19 heavy (non-hydrogen) atoms. The van der Waals surface area contributed by atoms with Crippen LogP contribution >= 0.6 is 0 Å². The van der Waals surface area contributed by atoms with Crippen LogP contribution in [0.15, 0.2) is 18.2 Å². The van der Waals surface area contributed by atoms with Crippen molar-refractivity contribution in [3.63, 3.8) is 0 Å². The zero-order valence-electron chi connectivity index (χ0n) is 12.0. The van der Waals surface area contributed by atoms with Gasteiger partial charge in [0.05, 0.1) is 26.9 Å². The van der Waals surface area contributed by atoms with Crippen LogP contribution in [0.1, 0.15) is 30.4 Å². The van der Waals surface area contributed by atoms with Crippen LogP contribution in [0, 0.1) is 5.92 Å². The molecule has 0 saturated heterocycles. The second-order valence-corrected chi connectivity index (χ2v) is 5.22. The molecule has 3 heteroatoms. The highest BCUT2D eigenvalue weighted by Gasteiger charge is 2.20. The molecule has 0 unspecified atom stereocenters. The summed E-state index contributed by atoms with van der Waals surface area (Å²) in [4.78, 5) is 0. The molecular weight excluding hydrogens is 240 g/mol. The summed E-state index contributed by atoms with van der Waals surface area (Å²) < 4.78 is 15.9. The largest absolute Gasteiger partial charge is 0.497 e. The zero-order valence-corrected chi connectivity index (χ0v) is 12.0. The van der Waals surface area contributed by atoms with E-state index < -0.39 is 0 Å². The zero-order chi connectivity index (χ0) is 13.5. The van der Waals surface area contributed by atoms with Crippen molar-refractivity contribution in [3.8, 4) is 5.75 Å². The average Bonchev–Trinajstić information content (AvgIpc) is 3.25. The number of rotatable bonds is 9. The first-order valence-corrected chi connectivity index (χ1v) is 7.05. The van der Waals surface area contributed by atoms with Gasteiger partial charge in [-0.05, 0) is 42.0 Å². The molecule has 1 saturated carbocycles. The lowest BCUT2D eigenvalue weighted by Crippen LogP contribution is -2.02. The lowest BCUT2D eigenvalue weighted by Gasteiger charge is -2.10. The number of hydrogen-bond donors (Lipinski definition) is 0. The fourth-order valence-electron chi connectivity index (χ4n) is 2.18. The van der Waals surface area contributed by atoms with Gasteiger partial charge >= 0.3 is 0 Å². The lowest BCUT2D eigenvalue weighted by molar-refractivity contribution is 0.0616. The molecule has 0 amide bonds. The minimum atomic E-state index is 0.622. The molecule has 0 heterocycles. The van der Waals surface area contributed by atoms with Crippen molar-refractivity contribution in [2.75, 3.05) is 27.4 Å². The van der Waals surface area contributed by atoms with Crippen molar-refractivity contribution < 1.29 is 14.2 Å². The van der Waals surface area contributed by atoms with Crippen LogP contribution in [0.25, 0.3) is 0 Å². The molecule has 0 aromatic heterocycles. The summed E-state index contributed by atoms with van der Waals surface area (Å²) >= 11 is 0. The molecule has 1 aromatic carbocycles. The van der Waals surface area contributed by atoms with Crippen LogP contribution in [0.5, 0.6) is 5.75 Å². The molecule has 1 aliphatic rings. The Balaban J connectivity index is 1.89. The summed E-state index contributed by atoms with van der Waals surface area (Å²) in [6.45, 7) is 1.89. The van der Waals surface area contributed by atoms with E-state index in [4.69, 9.17) is 14.2 Å². The Hall–Kier alpha value is -1.06. The monoisotopic (exact) mass is 264 g/mol. The van der Waals surface area contributed by atoms with E-state index in [-0.39, 0.29) is 0 Å². The Morgan fingerprint density at radius 3 is 2.53 bits per heavy atom. The van der Waals surface area contributed by atoms with Crippen molar-refractivity contribution in [2.24, 2.45) is 5.92 Å². The van der Waals surface area contributed by atoms with Crippen molar-refractivity contribution >= 4 is 0 Å². The predicted octanol–water partition coefficient (Wildman–Crippen LogP) is 3.20. The summed E-state index contributed by atoms with van der Waals surface area (Å²) in [7, 11) is 3.40. The molecule has 0 atom stereocenters. The molecule has 1 aromatic rings. The predicted molar refractivity (Wildman–Crippen MR) is 75.6 cm³/mol. The van der Waals surface area contributed by atoms with Gasteiger partial charge in [0.15, 0.2) is 0 Å². The van der Waals surface area contributed by atoms with Gasteiger partial charge in [0, 0.05) is 7.11 Å². The summed E-state index contributed by atoms with van der Waals surface area (Å²) in [6, 6.07) is 6.42. The van der Waals surface area contributed by atoms with Gasteiger partial charge < -0.3 is 14.2 Å². The average molecular weight is 264 g/mol. The molecule has 0 radical (unpaired) electrons. The van der Waals surface area contributed by atoms with Crippen molar-refractivity contribution in [3.05, 3.63) is 29.3 Å². The summed E-state index contributed by atoms with van der Waals surface area (Å²) in [6.07, 6.45) is 5.28. The summed E-state index contributed by atoms with van der Waals surface area (Å²) in [5, 5.41) is 0. The maximum absolute atomic E-state index is 5.57. The highest BCUT2D eigenvalue weighted by Crippen LogP contribution is 2.34. The third-order valence-corrected chi connectivity index (χ3v) is 3.50. The second-order valence-electron chi connectivity index (χ2n) is 5.22. The number of hydrogen-bond acceptors (Lipinski definition) is 3. The number of benzene rings is 1. The molecule has 0 aliphatic heterocycles. The van der Waals surface area contributed by atoms with Gasteiger partial charge in [-0.3, -0.25) is 0 Å². The molecule has 3 nitrogen and oxygen atoms in total. The molecule has 1 fully saturated rings. The topological polar surface area (TPSA) is 27.7 Å². The Kier molecular flexibility index (Phi) is 5.67. The van der Waals surface area contributed by atoms with Gasteiger partial charge in [-0.2, -0.15) is 0 Å². The Bertz CT molecular complexity index is 386. The van der Waals surface area contributed by atoms with E-state index in [1.807, 2.05) is 6.07 Å². The van der Waals surface area contributed by atoms with Crippen LogP contribution in [-0.2, 0) is 22.5 Å². The van der Waals surface area contributed by atoms with Gasteiger partial charge in [0.2, 0.25) is 0 Å². The molecule has 0 N–H and O–H groups in total. The fourth-order valence-corrected chi connectivity index (χ4v) is 2.18. The first-order chi connectivity index (χ1) is 9.31. The highest BCUT2D eigenvalue weighted by molar-refractivity contribution is 5.34. The smallest absolute Gasteiger partial charge is 0.119 e. The molecular formula is C16H24O3. The van der Waals surface area contributed by atoms with Gasteiger partial charge in [-0.1, -0.05) is 18.9 Å². The van der Waals surface area contributed by atoms with Crippen molar-refractivity contribution in [1.29, 1.82) is 0 Å². The molecule has 0 spiro atoms. The van der Waals surface area contributed by atoms with E-state index in [0.717, 1.165) is 18.1 Å². The normalized spacial score (nSPS) is 14.6. The molecule has 106 valence electrons. The summed E-state index contributed by atoms with van der Waals surface area (Å²) in [5.41, 5.74) is 2.54. The maximum atomic E-state index is 5.57. The SMILES string of the molecule is COCCOCc1cc(CCC2CC2)cc(OC)c1. The van der Waals surface area contributed by atoms with E-state index >= 15 is 0 Å². The third-order valence-electron chi connectivity index (χ3n) is 3.50. The van der Waals surface area contributed by atoms with Gasteiger partial charge in [0.1, 0.15) is 5.75 Å². The second kappa shape index (κ2) is 7.51. The third kappa shape index (κ3) is 5.21. The number of ether oxygens (including phenoxy) is 3. The lowest BCUT2D eigenvalue weighted by atomic mass is 10.0. The molecule has 2 rings (SSSR count). The maximum Gasteiger partial charge on any atom is 0.119 e. The Morgan fingerprint density at radius 1 is 1.05 bits per heavy atom. The first-order valence-electron chi connectivity index (χ1n) is 7.05. The van der Waals surface area contributed by atoms with Crippen molar-refractivity contribution in [1.82, 2.24) is 0 Å². The Labute approximate surface area is 115 Å². The van der Waals surface area contributed by atoms with Gasteiger partial charge in [0.25, 0.3) is 0 Å². The van der Waals surface area contributed by atoms with Gasteiger partial charge in [-0.15, -0.1) is 0 Å². The van der Waals surface area contributed by atoms with Crippen LogP contribution in [0.3, 0.4) is 0 Å². The summed E-state index contributed by atoms with van der Waals surface area (Å²) in [5.74, 6) is 1.89. The van der Waals surface area contributed by atoms with Crippen LogP contribution < -0.4 is 4.74 Å². The Morgan fingerprint density at radius 2 is 1.84 bits per heavy atom. The molecule has 0 bridgehead atoms. The first kappa shape index (κ1) is 14.4. The highest BCUT2D eigenvalue weighted by atomic mass is 16.5. The van der Waals surface area contributed by atoms with Gasteiger partial charge in [-0.25, -0.2) is 0 Å².